The number of aliphatic hydroxyl groups excluding tert-OH is 2. The number of ether oxygens (including phenoxy) is 1. The smallest absolute Gasteiger partial charge is 0.305 e. The molecule has 0 aromatic rings. The van der Waals surface area contributed by atoms with E-state index >= 15 is 0 Å². The summed E-state index contributed by atoms with van der Waals surface area (Å²) in [7, 11) is 0. The van der Waals surface area contributed by atoms with Crippen molar-refractivity contribution in [3.05, 3.63) is 23.8 Å². The molecule has 33 heavy (non-hydrogen) atoms. The fourth-order valence-corrected chi connectivity index (χ4v) is 5.27. The molecule has 2 aliphatic rings. The summed E-state index contributed by atoms with van der Waals surface area (Å²) < 4.78 is 5.34. The summed E-state index contributed by atoms with van der Waals surface area (Å²) in [6.45, 7) is 6.58. The van der Waals surface area contributed by atoms with Gasteiger partial charge in [0.1, 0.15) is 0 Å². The van der Waals surface area contributed by atoms with Gasteiger partial charge in [-0.05, 0) is 63.2 Å². The zero-order valence-electron chi connectivity index (χ0n) is 21.1. The fraction of sp³-hybridized carbons (Fsp3) is 0.759. The van der Waals surface area contributed by atoms with E-state index in [0.29, 0.717) is 31.3 Å². The summed E-state index contributed by atoms with van der Waals surface area (Å²) in [6, 6.07) is 0. The second kappa shape index (κ2) is 15.4. The van der Waals surface area contributed by atoms with Crippen molar-refractivity contribution < 1.29 is 19.7 Å². The Morgan fingerprint density at radius 3 is 2.76 bits per heavy atom. The first-order valence-corrected chi connectivity index (χ1v) is 13.2. The van der Waals surface area contributed by atoms with E-state index in [2.05, 4.69) is 30.9 Å². The summed E-state index contributed by atoms with van der Waals surface area (Å²) in [6.07, 6.45) is 17.1. The molecule has 186 valence electrons. The van der Waals surface area contributed by atoms with Crippen molar-refractivity contribution in [2.24, 2.45) is 23.7 Å². The van der Waals surface area contributed by atoms with Crippen LogP contribution in [0.25, 0.3) is 0 Å². The van der Waals surface area contributed by atoms with Crippen LogP contribution in [0.5, 0.6) is 0 Å². The number of hydrogen-bond donors (Lipinski definition) is 2. The molecule has 2 N–H and O–H groups in total. The molecule has 6 atom stereocenters. The number of hydrogen-bond acceptors (Lipinski definition) is 4. The van der Waals surface area contributed by atoms with Crippen LogP contribution in [0.15, 0.2) is 23.8 Å². The molecule has 0 aromatic carbocycles. The van der Waals surface area contributed by atoms with Gasteiger partial charge in [0.2, 0.25) is 0 Å². The van der Waals surface area contributed by atoms with E-state index in [9.17, 15) is 15.0 Å². The Morgan fingerprint density at radius 1 is 1.21 bits per heavy atom. The molecule has 0 spiro atoms. The topological polar surface area (TPSA) is 66.8 Å². The van der Waals surface area contributed by atoms with Gasteiger partial charge >= 0.3 is 5.97 Å². The molecular weight excluding hydrogens is 412 g/mol. The lowest BCUT2D eigenvalue weighted by Crippen LogP contribution is -2.19. The van der Waals surface area contributed by atoms with Gasteiger partial charge in [-0.3, -0.25) is 4.79 Å². The van der Waals surface area contributed by atoms with Crippen LogP contribution in [-0.4, -0.2) is 35.0 Å². The molecular formula is C29H46O4. The molecule has 0 aromatic heterocycles. The van der Waals surface area contributed by atoms with Crippen molar-refractivity contribution in [2.75, 3.05) is 6.61 Å². The lowest BCUT2D eigenvalue weighted by Gasteiger charge is -2.19. The molecule has 0 bridgehead atoms. The van der Waals surface area contributed by atoms with Gasteiger partial charge in [-0.2, -0.15) is 0 Å². The van der Waals surface area contributed by atoms with E-state index in [1.807, 2.05) is 19.9 Å². The molecule has 2 fully saturated rings. The normalized spacial score (nSPS) is 27.4. The Kier molecular flexibility index (Phi) is 12.9. The number of esters is 1. The summed E-state index contributed by atoms with van der Waals surface area (Å²) in [5.74, 6) is 7.03. The van der Waals surface area contributed by atoms with Gasteiger partial charge in [-0.15, -0.1) is 11.8 Å². The van der Waals surface area contributed by atoms with Crippen LogP contribution in [0, 0.1) is 35.5 Å². The molecule has 2 saturated carbocycles. The minimum atomic E-state index is -0.524. The van der Waals surface area contributed by atoms with Crippen LogP contribution in [0.1, 0.15) is 97.8 Å². The van der Waals surface area contributed by atoms with Gasteiger partial charge in [-0.1, -0.05) is 63.3 Å². The molecule has 1 unspecified atom stereocenters. The molecule has 0 aliphatic heterocycles. The maximum Gasteiger partial charge on any atom is 0.305 e. The van der Waals surface area contributed by atoms with Gasteiger partial charge < -0.3 is 14.9 Å². The first kappa shape index (κ1) is 27.7. The number of fused-ring (bicyclic) bond motifs is 1. The van der Waals surface area contributed by atoms with Crippen LogP contribution < -0.4 is 0 Å². The highest BCUT2D eigenvalue weighted by atomic mass is 16.5. The largest absolute Gasteiger partial charge is 0.466 e. The monoisotopic (exact) mass is 458 g/mol. The van der Waals surface area contributed by atoms with Crippen molar-refractivity contribution in [2.45, 2.75) is 110 Å². The van der Waals surface area contributed by atoms with E-state index in [1.165, 1.54) is 24.8 Å². The number of unbranched alkanes of at least 4 members (excludes halogenated alkanes) is 5. The lowest BCUT2D eigenvalue weighted by molar-refractivity contribution is -0.143. The zero-order chi connectivity index (χ0) is 24.1. The first-order valence-electron chi connectivity index (χ1n) is 13.2. The molecule has 0 saturated heterocycles. The van der Waals surface area contributed by atoms with Gasteiger partial charge in [0, 0.05) is 18.8 Å². The van der Waals surface area contributed by atoms with Crippen molar-refractivity contribution >= 4 is 5.97 Å². The number of carbonyl (C=O) groups is 1. The number of aliphatic hydroxyl groups is 2. The zero-order valence-corrected chi connectivity index (χ0v) is 21.1. The van der Waals surface area contributed by atoms with Gasteiger partial charge in [-0.25, -0.2) is 0 Å². The quantitative estimate of drug-likeness (QED) is 0.146. The van der Waals surface area contributed by atoms with Crippen LogP contribution in [0.2, 0.25) is 0 Å². The Labute approximate surface area is 201 Å². The number of carbonyl (C=O) groups excluding carboxylic acids is 1. The fourth-order valence-electron chi connectivity index (χ4n) is 5.27. The average molecular weight is 459 g/mol. The average Bonchev–Trinajstić information content (AvgIpc) is 3.31. The van der Waals surface area contributed by atoms with Crippen LogP contribution in [-0.2, 0) is 9.53 Å². The number of allylic oxidation sites excluding steroid dienone is 2. The van der Waals surface area contributed by atoms with Crippen molar-refractivity contribution in [3.63, 3.8) is 0 Å². The predicted octanol–water partition coefficient (Wildman–Crippen LogP) is 5.97. The Morgan fingerprint density at radius 2 is 2.00 bits per heavy atom. The summed E-state index contributed by atoms with van der Waals surface area (Å²) >= 11 is 0. The molecule has 2 rings (SSSR count). The molecule has 0 heterocycles. The van der Waals surface area contributed by atoms with Crippen molar-refractivity contribution in [1.29, 1.82) is 0 Å². The highest BCUT2D eigenvalue weighted by molar-refractivity contribution is 5.69. The SMILES string of the molecule is CC#CCC(C)[C@H](O)/C=C/[C@@H]1[C@H]2C/C(=C/CCCC(=O)OCCCCCCC)C[C@H]2C[C@H]1O. The van der Waals surface area contributed by atoms with Crippen molar-refractivity contribution in [3.8, 4) is 11.8 Å². The van der Waals surface area contributed by atoms with Crippen LogP contribution in [0.4, 0.5) is 0 Å². The van der Waals surface area contributed by atoms with Crippen LogP contribution >= 0.6 is 0 Å². The molecule has 0 amide bonds. The third kappa shape index (κ3) is 9.67. The predicted molar refractivity (Wildman–Crippen MR) is 134 cm³/mol. The summed E-state index contributed by atoms with van der Waals surface area (Å²) in [4.78, 5) is 11.9. The van der Waals surface area contributed by atoms with Gasteiger partial charge in [0.25, 0.3) is 0 Å². The highest BCUT2D eigenvalue weighted by Crippen LogP contribution is 2.50. The molecule has 4 nitrogen and oxygen atoms in total. The first-order chi connectivity index (χ1) is 16.0. The lowest BCUT2D eigenvalue weighted by atomic mass is 9.89. The summed E-state index contributed by atoms with van der Waals surface area (Å²) in [5, 5.41) is 20.9. The van der Waals surface area contributed by atoms with Crippen LogP contribution in [0.3, 0.4) is 0 Å². The Bertz CT molecular complexity index is 698. The van der Waals surface area contributed by atoms with Crippen molar-refractivity contribution in [1.82, 2.24) is 0 Å². The Balaban J connectivity index is 1.69. The minimum absolute atomic E-state index is 0.0711. The maximum absolute atomic E-state index is 11.9. The third-order valence-corrected chi connectivity index (χ3v) is 7.35. The number of rotatable bonds is 14. The van der Waals surface area contributed by atoms with E-state index in [-0.39, 0.29) is 23.9 Å². The minimum Gasteiger partial charge on any atom is -0.466 e. The molecule has 2 aliphatic carbocycles. The van der Waals surface area contributed by atoms with E-state index < -0.39 is 6.10 Å². The van der Waals surface area contributed by atoms with E-state index in [4.69, 9.17) is 4.74 Å². The van der Waals surface area contributed by atoms with Gasteiger partial charge in [0.05, 0.1) is 18.8 Å². The standard InChI is InChI=1S/C29H46O4/c1-4-6-8-9-12-18-33-29(32)15-11-10-14-23-19-24-21-28(31)25(26(24)20-23)16-17-27(30)22(3)13-7-5-2/h14,16-17,22,24-28,30-31H,4,6,8-13,15,18-21H2,1-3H3/b17-16+,23-14+/t22?,24-,25+,26-,27+,28+/m0/s1. The van der Waals surface area contributed by atoms with Gasteiger partial charge in [0.15, 0.2) is 0 Å². The second-order valence-corrected chi connectivity index (χ2v) is 10.1. The Hall–Kier alpha value is -1.57. The third-order valence-electron chi connectivity index (χ3n) is 7.35. The molecule has 0 radical (unpaired) electrons. The second-order valence-electron chi connectivity index (χ2n) is 10.1. The summed E-state index contributed by atoms with van der Waals surface area (Å²) in [5.41, 5.74) is 1.46. The van der Waals surface area contributed by atoms with E-state index in [0.717, 1.165) is 44.9 Å². The molecule has 4 heteroatoms. The highest BCUT2D eigenvalue weighted by Gasteiger charge is 2.44. The van der Waals surface area contributed by atoms with E-state index in [1.54, 1.807) is 0 Å². The maximum atomic E-state index is 11.9.